The van der Waals surface area contributed by atoms with Crippen molar-refractivity contribution in [1.82, 2.24) is 0 Å². The fraction of sp³-hybridized carbons (Fsp3) is 1.00. The van der Waals surface area contributed by atoms with E-state index in [4.69, 9.17) is 10.5 Å². The van der Waals surface area contributed by atoms with Crippen LogP contribution in [-0.2, 0) is 4.74 Å². The molecular weight excluding hydrogens is 114 g/mol. The third kappa shape index (κ3) is 0.775. The molecule has 1 aliphatic carbocycles. The molecule has 9 heavy (non-hydrogen) atoms. The van der Waals surface area contributed by atoms with Gasteiger partial charge in [0, 0.05) is 18.6 Å². The molecule has 2 fully saturated rings. The Balaban J connectivity index is 1.94. The minimum Gasteiger partial charge on any atom is -0.378 e. The van der Waals surface area contributed by atoms with E-state index in [1.165, 1.54) is 12.8 Å². The third-order valence-corrected chi connectivity index (χ3v) is 2.55. The number of hydrogen-bond acceptors (Lipinski definition) is 2. The van der Waals surface area contributed by atoms with E-state index < -0.39 is 0 Å². The van der Waals surface area contributed by atoms with E-state index >= 15 is 0 Å². The van der Waals surface area contributed by atoms with Crippen LogP contribution in [0.15, 0.2) is 0 Å². The summed E-state index contributed by atoms with van der Waals surface area (Å²) in [5.41, 5.74) is 5.75. The number of hydrogen-bond donors (Lipinski definition) is 1. The molecule has 0 unspecified atom stereocenters. The molecule has 1 aliphatic heterocycles. The van der Waals surface area contributed by atoms with Crippen LogP contribution >= 0.6 is 0 Å². The van der Waals surface area contributed by atoms with Gasteiger partial charge in [-0.25, -0.2) is 0 Å². The highest BCUT2D eigenvalue weighted by molar-refractivity contribution is 4.94. The van der Waals surface area contributed by atoms with Crippen LogP contribution in [0.4, 0.5) is 0 Å². The van der Waals surface area contributed by atoms with Crippen molar-refractivity contribution in [2.24, 2.45) is 11.7 Å². The van der Waals surface area contributed by atoms with Crippen LogP contribution in [0.2, 0.25) is 0 Å². The predicted octanol–water partition coefficient (Wildman–Crippen LogP) is 0.513. The first-order chi connectivity index (χ1) is 4.38. The lowest BCUT2D eigenvalue weighted by Gasteiger charge is -2.45. The second-order valence-corrected chi connectivity index (χ2v) is 3.11. The molecule has 0 aromatic rings. The maximum absolute atomic E-state index is 5.75. The van der Waals surface area contributed by atoms with Gasteiger partial charge in [-0.05, 0) is 19.3 Å². The van der Waals surface area contributed by atoms with Crippen molar-refractivity contribution in [1.29, 1.82) is 0 Å². The van der Waals surface area contributed by atoms with Crippen molar-refractivity contribution in [3.63, 3.8) is 0 Å². The summed E-state index contributed by atoms with van der Waals surface area (Å²) in [6, 6.07) is 0.454. The van der Waals surface area contributed by atoms with Gasteiger partial charge in [-0.3, -0.25) is 0 Å². The van der Waals surface area contributed by atoms with Gasteiger partial charge in [0.05, 0.1) is 6.10 Å². The standard InChI is InChI=1S/C7H13NO/c8-6-4-7-5(6)2-1-3-9-7/h5-7H,1-4,8H2/t5-,6-,7-/m0/s1. The number of ether oxygens (including phenoxy) is 1. The van der Waals surface area contributed by atoms with Crippen molar-refractivity contribution in [3.05, 3.63) is 0 Å². The molecule has 52 valence electrons. The third-order valence-electron chi connectivity index (χ3n) is 2.55. The Hall–Kier alpha value is -0.0800. The van der Waals surface area contributed by atoms with E-state index in [9.17, 15) is 0 Å². The maximum Gasteiger partial charge on any atom is 0.0632 e. The molecule has 1 saturated heterocycles. The summed E-state index contributed by atoms with van der Waals surface area (Å²) < 4.78 is 5.47. The summed E-state index contributed by atoms with van der Waals surface area (Å²) in [7, 11) is 0. The Bertz CT molecular complexity index is 113. The monoisotopic (exact) mass is 127 g/mol. The molecule has 2 rings (SSSR count). The molecule has 0 bridgehead atoms. The highest BCUT2D eigenvalue weighted by Crippen LogP contribution is 2.36. The molecule has 3 atom stereocenters. The van der Waals surface area contributed by atoms with Crippen LogP contribution in [0.25, 0.3) is 0 Å². The van der Waals surface area contributed by atoms with Crippen LogP contribution in [0.3, 0.4) is 0 Å². The number of fused-ring (bicyclic) bond motifs is 1. The second kappa shape index (κ2) is 1.96. The van der Waals surface area contributed by atoms with Gasteiger partial charge in [0.25, 0.3) is 0 Å². The zero-order valence-electron chi connectivity index (χ0n) is 5.55. The normalized spacial score (nSPS) is 49.7. The van der Waals surface area contributed by atoms with E-state index in [-0.39, 0.29) is 0 Å². The van der Waals surface area contributed by atoms with E-state index in [0.717, 1.165) is 13.0 Å². The summed E-state index contributed by atoms with van der Waals surface area (Å²) in [6.45, 7) is 0.966. The molecule has 2 nitrogen and oxygen atoms in total. The van der Waals surface area contributed by atoms with Crippen molar-refractivity contribution in [2.75, 3.05) is 6.61 Å². The molecule has 2 heteroatoms. The van der Waals surface area contributed by atoms with Crippen molar-refractivity contribution in [2.45, 2.75) is 31.4 Å². The first-order valence-electron chi connectivity index (χ1n) is 3.75. The molecule has 0 spiro atoms. The van der Waals surface area contributed by atoms with Gasteiger partial charge in [0.2, 0.25) is 0 Å². The number of nitrogens with two attached hydrogens (primary N) is 1. The molecule has 0 amide bonds. The molecular formula is C7H13NO. The topological polar surface area (TPSA) is 35.2 Å². The smallest absolute Gasteiger partial charge is 0.0632 e. The molecule has 2 aliphatic rings. The van der Waals surface area contributed by atoms with Crippen LogP contribution in [0.1, 0.15) is 19.3 Å². The SMILES string of the molecule is N[C@H]1C[C@@H]2OCCC[C@H]21. The Morgan fingerprint density at radius 3 is 2.89 bits per heavy atom. The minimum atomic E-state index is 0.454. The van der Waals surface area contributed by atoms with Gasteiger partial charge in [0.1, 0.15) is 0 Å². The van der Waals surface area contributed by atoms with Gasteiger partial charge in [-0.1, -0.05) is 0 Å². The lowest BCUT2D eigenvalue weighted by Crippen LogP contribution is -2.54. The summed E-state index contributed by atoms with van der Waals surface area (Å²) >= 11 is 0. The van der Waals surface area contributed by atoms with Crippen molar-refractivity contribution in [3.8, 4) is 0 Å². The quantitative estimate of drug-likeness (QED) is 0.514. The zero-order chi connectivity index (χ0) is 6.27. The summed E-state index contributed by atoms with van der Waals surface area (Å²) in [4.78, 5) is 0. The molecule has 2 N–H and O–H groups in total. The van der Waals surface area contributed by atoms with Gasteiger partial charge >= 0.3 is 0 Å². The van der Waals surface area contributed by atoms with Crippen molar-refractivity contribution < 1.29 is 4.74 Å². The maximum atomic E-state index is 5.75. The highest BCUT2D eigenvalue weighted by Gasteiger charge is 2.40. The van der Waals surface area contributed by atoms with Gasteiger partial charge in [-0.15, -0.1) is 0 Å². The van der Waals surface area contributed by atoms with E-state index in [1.54, 1.807) is 0 Å². The van der Waals surface area contributed by atoms with Crippen LogP contribution in [0.5, 0.6) is 0 Å². The molecule has 1 heterocycles. The van der Waals surface area contributed by atoms with Crippen molar-refractivity contribution >= 4 is 0 Å². The van der Waals surface area contributed by atoms with E-state index in [0.29, 0.717) is 18.1 Å². The largest absolute Gasteiger partial charge is 0.378 e. The Labute approximate surface area is 55.4 Å². The summed E-state index contributed by atoms with van der Waals surface area (Å²) in [5.74, 6) is 0.707. The number of rotatable bonds is 0. The Morgan fingerprint density at radius 1 is 1.44 bits per heavy atom. The lowest BCUT2D eigenvalue weighted by molar-refractivity contribution is -0.0943. The highest BCUT2D eigenvalue weighted by atomic mass is 16.5. The second-order valence-electron chi connectivity index (χ2n) is 3.11. The predicted molar refractivity (Wildman–Crippen MR) is 35.1 cm³/mol. The summed E-state index contributed by atoms with van der Waals surface area (Å²) in [5, 5.41) is 0. The first kappa shape index (κ1) is 5.69. The van der Waals surface area contributed by atoms with E-state index in [1.807, 2.05) is 0 Å². The summed E-state index contributed by atoms with van der Waals surface area (Å²) in [6.07, 6.45) is 4.15. The van der Waals surface area contributed by atoms with Crippen LogP contribution in [0, 0.1) is 5.92 Å². The first-order valence-corrected chi connectivity index (χ1v) is 3.75. The van der Waals surface area contributed by atoms with Gasteiger partial charge in [-0.2, -0.15) is 0 Å². The lowest BCUT2D eigenvalue weighted by atomic mass is 9.73. The zero-order valence-corrected chi connectivity index (χ0v) is 5.55. The Morgan fingerprint density at radius 2 is 2.33 bits per heavy atom. The fourth-order valence-electron chi connectivity index (χ4n) is 1.84. The van der Waals surface area contributed by atoms with Crippen LogP contribution in [-0.4, -0.2) is 18.8 Å². The Kier molecular flexibility index (Phi) is 1.24. The van der Waals surface area contributed by atoms with Gasteiger partial charge < -0.3 is 10.5 Å². The molecule has 1 saturated carbocycles. The average Bonchev–Trinajstić information content (AvgIpc) is 1.86. The average molecular weight is 127 g/mol. The molecule has 0 aromatic carbocycles. The molecule has 0 radical (unpaired) electrons. The van der Waals surface area contributed by atoms with E-state index in [2.05, 4.69) is 0 Å². The minimum absolute atomic E-state index is 0.454. The molecule has 0 aromatic heterocycles. The van der Waals surface area contributed by atoms with Gasteiger partial charge in [0.15, 0.2) is 0 Å². The fourth-order valence-corrected chi connectivity index (χ4v) is 1.84. The van der Waals surface area contributed by atoms with Crippen LogP contribution < -0.4 is 5.73 Å².